The van der Waals surface area contributed by atoms with Gasteiger partial charge in [0, 0.05) is 56.8 Å². The first-order valence-electron chi connectivity index (χ1n) is 10.3. The predicted octanol–water partition coefficient (Wildman–Crippen LogP) is 3.89. The molecule has 0 unspecified atom stereocenters. The Labute approximate surface area is 172 Å². The number of ether oxygens (including phenoxy) is 2. The van der Waals surface area contributed by atoms with Gasteiger partial charge in [0.2, 0.25) is 0 Å². The topological polar surface area (TPSA) is 37.8 Å². The number of rotatable bonds is 6. The monoisotopic (exact) mass is 401 g/mol. The van der Waals surface area contributed by atoms with Crippen LogP contribution in [0.3, 0.4) is 0 Å². The van der Waals surface area contributed by atoms with E-state index in [1.54, 1.807) is 18.4 Å². The molecule has 4 rings (SSSR count). The second-order valence-corrected chi connectivity index (χ2v) is 8.71. The Balaban J connectivity index is 1.26. The van der Waals surface area contributed by atoms with Crippen molar-refractivity contribution in [2.24, 2.45) is 0 Å². The van der Waals surface area contributed by atoms with Gasteiger partial charge in [-0.05, 0) is 49.9 Å². The molecule has 3 heterocycles. The molecule has 0 bridgehead atoms. The summed E-state index contributed by atoms with van der Waals surface area (Å²) in [6, 6.07) is 8.91. The van der Waals surface area contributed by atoms with Crippen LogP contribution in [0, 0.1) is 0 Å². The molecule has 0 N–H and O–H groups in total. The second-order valence-electron chi connectivity index (χ2n) is 7.85. The average Bonchev–Trinajstić information content (AvgIpc) is 3.23. The lowest BCUT2D eigenvalue weighted by Crippen LogP contribution is -2.48. The molecule has 1 aromatic carbocycles. The van der Waals surface area contributed by atoms with E-state index >= 15 is 0 Å². The van der Waals surface area contributed by atoms with Gasteiger partial charge in [0.25, 0.3) is 0 Å². The summed E-state index contributed by atoms with van der Waals surface area (Å²) in [6.45, 7) is 5.70. The predicted molar refractivity (Wildman–Crippen MR) is 114 cm³/mol. The second kappa shape index (κ2) is 9.35. The van der Waals surface area contributed by atoms with Crippen molar-refractivity contribution in [3.05, 3.63) is 35.3 Å². The fourth-order valence-corrected chi connectivity index (χ4v) is 5.21. The number of hydrogen-bond donors (Lipinski definition) is 0. The molecular weight excluding hydrogens is 370 g/mol. The van der Waals surface area contributed by atoms with E-state index < -0.39 is 0 Å². The fourth-order valence-electron chi connectivity index (χ4n) is 4.39. The van der Waals surface area contributed by atoms with E-state index in [9.17, 15) is 0 Å². The summed E-state index contributed by atoms with van der Waals surface area (Å²) in [5.74, 6) is 0.884. The van der Waals surface area contributed by atoms with Gasteiger partial charge >= 0.3 is 0 Å². The van der Waals surface area contributed by atoms with Gasteiger partial charge < -0.3 is 14.4 Å². The molecule has 1 aromatic heterocycles. The average molecular weight is 402 g/mol. The van der Waals surface area contributed by atoms with E-state index in [4.69, 9.17) is 14.5 Å². The highest BCUT2D eigenvalue weighted by molar-refractivity contribution is 7.13. The molecular formula is C22H31N3O2S. The third-order valence-electron chi connectivity index (χ3n) is 6.16. The van der Waals surface area contributed by atoms with Crippen LogP contribution in [0.5, 0.6) is 5.75 Å². The third kappa shape index (κ3) is 4.74. The van der Waals surface area contributed by atoms with Crippen molar-refractivity contribution in [1.82, 2.24) is 14.8 Å². The van der Waals surface area contributed by atoms with Gasteiger partial charge in [-0.15, -0.1) is 11.3 Å². The van der Waals surface area contributed by atoms with E-state index in [1.165, 1.54) is 57.6 Å². The minimum atomic E-state index is 0.473. The molecule has 0 radical (unpaired) electrons. The Hall–Kier alpha value is -1.47. The Morgan fingerprint density at radius 2 is 1.71 bits per heavy atom. The molecule has 0 aliphatic carbocycles. The van der Waals surface area contributed by atoms with Crippen molar-refractivity contribution in [1.29, 1.82) is 0 Å². The van der Waals surface area contributed by atoms with Crippen LogP contribution < -0.4 is 4.74 Å². The summed E-state index contributed by atoms with van der Waals surface area (Å²) >= 11 is 1.73. The maximum atomic E-state index is 5.51. The Morgan fingerprint density at radius 3 is 2.36 bits per heavy atom. The summed E-state index contributed by atoms with van der Waals surface area (Å²) in [4.78, 5) is 10.1. The van der Waals surface area contributed by atoms with Crippen LogP contribution in [0.2, 0.25) is 0 Å². The lowest BCUT2D eigenvalue weighted by molar-refractivity contribution is 0.0137. The van der Waals surface area contributed by atoms with Gasteiger partial charge in [-0.2, -0.15) is 0 Å². The maximum Gasteiger partial charge on any atom is 0.123 e. The third-order valence-corrected chi connectivity index (χ3v) is 7.10. The normalized spacial score (nSPS) is 20.5. The van der Waals surface area contributed by atoms with E-state index in [2.05, 4.69) is 27.3 Å². The lowest BCUT2D eigenvalue weighted by atomic mass is 9.99. The molecule has 2 aliphatic rings. The SMILES string of the molecule is COc1ccc(-c2nc(CN3CCC(N4CCC(OC)CC4)CC3)cs2)cc1. The fraction of sp³-hybridized carbons (Fsp3) is 0.591. The zero-order chi connectivity index (χ0) is 19.3. The number of piperidine rings is 2. The number of aromatic nitrogens is 1. The van der Waals surface area contributed by atoms with Gasteiger partial charge in [0.1, 0.15) is 10.8 Å². The molecule has 5 nitrogen and oxygen atoms in total. The number of benzene rings is 1. The van der Waals surface area contributed by atoms with Crippen molar-refractivity contribution in [3.8, 4) is 16.3 Å². The summed E-state index contributed by atoms with van der Waals surface area (Å²) in [5, 5.41) is 3.30. The molecule has 2 fully saturated rings. The smallest absolute Gasteiger partial charge is 0.123 e. The van der Waals surface area contributed by atoms with E-state index in [0.717, 1.165) is 28.9 Å². The molecule has 0 atom stereocenters. The molecule has 2 aromatic rings. The van der Waals surface area contributed by atoms with Crippen LogP contribution in [0.15, 0.2) is 29.6 Å². The Morgan fingerprint density at radius 1 is 1.00 bits per heavy atom. The van der Waals surface area contributed by atoms with E-state index in [-0.39, 0.29) is 0 Å². The largest absolute Gasteiger partial charge is 0.497 e. The molecule has 0 spiro atoms. The maximum absolute atomic E-state index is 5.51. The molecule has 28 heavy (non-hydrogen) atoms. The summed E-state index contributed by atoms with van der Waals surface area (Å²) in [6.07, 6.45) is 5.38. The first-order valence-corrected chi connectivity index (χ1v) is 11.2. The van der Waals surface area contributed by atoms with Gasteiger partial charge in [0.15, 0.2) is 0 Å². The highest BCUT2D eigenvalue weighted by Gasteiger charge is 2.28. The number of methoxy groups -OCH3 is 2. The summed E-state index contributed by atoms with van der Waals surface area (Å²) < 4.78 is 10.7. The molecule has 0 saturated carbocycles. The number of nitrogens with zero attached hydrogens (tertiary/aromatic N) is 3. The van der Waals surface area contributed by atoms with Gasteiger partial charge in [-0.3, -0.25) is 4.90 Å². The standard InChI is InChI=1S/C22H31N3O2S/c1-26-20-5-3-17(4-6-20)22-23-18(16-28-22)15-24-11-7-19(8-12-24)25-13-9-21(27-2)10-14-25/h3-6,16,19,21H,7-15H2,1-2H3. The zero-order valence-corrected chi connectivity index (χ0v) is 17.8. The van der Waals surface area contributed by atoms with Crippen LogP contribution in [0.1, 0.15) is 31.4 Å². The van der Waals surface area contributed by atoms with Crippen LogP contribution >= 0.6 is 11.3 Å². The summed E-state index contributed by atoms with van der Waals surface area (Å²) in [7, 11) is 3.54. The van der Waals surface area contributed by atoms with Gasteiger partial charge in [-0.1, -0.05) is 0 Å². The van der Waals surface area contributed by atoms with Crippen molar-refractivity contribution in [3.63, 3.8) is 0 Å². The highest BCUT2D eigenvalue weighted by atomic mass is 32.1. The highest BCUT2D eigenvalue weighted by Crippen LogP contribution is 2.27. The van der Waals surface area contributed by atoms with E-state index in [1.807, 2.05) is 19.2 Å². The Kier molecular flexibility index (Phi) is 6.62. The van der Waals surface area contributed by atoms with Crippen LogP contribution in [-0.2, 0) is 11.3 Å². The Bertz CT molecular complexity index is 732. The molecule has 0 amide bonds. The molecule has 2 aliphatic heterocycles. The van der Waals surface area contributed by atoms with Crippen molar-refractivity contribution < 1.29 is 9.47 Å². The van der Waals surface area contributed by atoms with Gasteiger partial charge in [-0.25, -0.2) is 4.98 Å². The number of hydrogen-bond acceptors (Lipinski definition) is 6. The minimum Gasteiger partial charge on any atom is -0.497 e. The van der Waals surface area contributed by atoms with E-state index in [0.29, 0.717) is 6.10 Å². The molecule has 2 saturated heterocycles. The zero-order valence-electron chi connectivity index (χ0n) is 17.0. The lowest BCUT2D eigenvalue weighted by Gasteiger charge is -2.41. The summed E-state index contributed by atoms with van der Waals surface area (Å²) in [5.41, 5.74) is 2.35. The van der Waals surface area contributed by atoms with Crippen molar-refractivity contribution in [2.45, 2.75) is 44.4 Å². The molecule has 6 heteroatoms. The van der Waals surface area contributed by atoms with Crippen LogP contribution in [0.4, 0.5) is 0 Å². The first-order chi connectivity index (χ1) is 13.7. The van der Waals surface area contributed by atoms with Gasteiger partial charge in [0.05, 0.1) is 18.9 Å². The number of thiazole rings is 1. The van der Waals surface area contributed by atoms with Crippen molar-refractivity contribution >= 4 is 11.3 Å². The minimum absolute atomic E-state index is 0.473. The van der Waals surface area contributed by atoms with Crippen LogP contribution in [-0.4, -0.2) is 67.3 Å². The quantitative estimate of drug-likeness (QED) is 0.734. The van der Waals surface area contributed by atoms with Crippen molar-refractivity contribution in [2.75, 3.05) is 40.4 Å². The van der Waals surface area contributed by atoms with Crippen LogP contribution in [0.25, 0.3) is 10.6 Å². The first kappa shape index (κ1) is 19.8. The number of likely N-dealkylation sites (tertiary alicyclic amines) is 2. The molecule has 152 valence electrons.